The number of ketones is 3. The molecule has 0 bridgehead atoms. The minimum Gasteiger partial charge on any atom is -0.486 e. The molecule has 1 aromatic carbocycles. The molecule has 0 amide bonds. The van der Waals surface area contributed by atoms with E-state index in [1.807, 2.05) is 0 Å². The van der Waals surface area contributed by atoms with Crippen LogP contribution < -0.4 is 9.47 Å². The monoisotopic (exact) mass is 274 g/mol. The molecule has 1 saturated carbocycles. The van der Waals surface area contributed by atoms with Gasteiger partial charge >= 0.3 is 0 Å². The van der Waals surface area contributed by atoms with Gasteiger partial charge in [-0.3, -0.25) is 14.4 Å². The number of hydrogen-bond donors (Lipinski definition) is 0. The Hall–Kier alpha value is -2.17. The van der Waals surface area contributed by atoms with Crippen LogP contribution in [0.25, 0.3) is 0 Å². The van der Waals surface area contributed by atoms with Crippen molar-refractivity contribution < 1.29 is 23.9 Å². The van der Waals surface area contributed by atoms with E-state index >= 15 is 0 Å². The van der Waals surface area contributed by atoms with Gasteiger partial charge in [-0.1, -0.05) is 6.07 Å². The van der Waals surface area contributed by atoms with Gasteiger partial charge in [0, 0.05) is 12.8 Å². The second-order valence-corrected chi connectivity index (χ2v) is 4.91. The minimum absolute atomic E-state index is 0.260. The first kappa shape index (κ1) is 12.8. The Labute approximate surface area is 115 Å². The zero-order chi connectivity index (χ0) is 14.1. The predicted octanol–water partition coefficient (Wildman–Crippen LogP) is 1.58. The lowest BCUT2D eigenvalue weighted by molar-refractivity contribution is -0.133. The van der Waals surface area contributed by atoms with Crippen LogP contribution in [0.4, 0.5) is 0 Å². The number of para-hydroxylation sites is 1. The third kappa shape index (κ3) is 2.09. The molecule has 0 atom stereocenters. The first-order valence-corrected chi connectivity index (χ1v) is 6.67. The maximum atomic E-state index is 12.5. The highest BCUT2D eigenvalue weighted by atomic mass is 16.6. The fourth-order valence-electron chi connectivity index (χ4n) is 2.62. The van der Waals surface area contributed by atoms with E-state index in [1.54, 1.807) is 18.2 Å². The molecule has 0 spiro atoms. The SMILES string of the molecule is O=C1CCCC(=O)C1C(=O)c1cccc2c1OCCO2. The molecule has 5 heteroatoms. The molecule has 5 nitrogen and oxygen atoms in total. The van der Waals surface area contributed by atoms with E-state index in [2.05, 4.69) is 0 Å². The molecule has 3 rings (SSSR count). The molecule has 1 heterocycles. The van der Waals surface area contributed by atoms with Crippen molar-refractivity contribution in [2.45, 2.75) is 19.3 Å². The van der Waals surface area contributed by atoms with E-state index in [0.717, 1.165) is 0 Å². The summed E-state index contributed by atoms with van der Waals surface area (Å²) in [4.78, 5) is 36.3. The van der Waals surface area contributed by atoms with Crippen LogP contribution >= 0.6 is 0 Å². The summed E-state index contributed by atoms with van der Waals surface area (Å²) in [7, 11) is 0. The van der Waals surface area contributed by atoms with Gasteiger partial charge in [0.25, 0.3) is 0 Å². The highest BCUT2D eigenvalue weighted by Crippen LogP contribution is 2.35. The van der Waals surface area contributed by atoms with Crippen LogP contribution in [0.2, 0.25) is 0 Å². The first-order chi connectivity index (χ1) is 9.68. The summed E-state index contributed by atoms with van der Waals surface area (Å²) in [6.45, 7) is 0.774. The van der Waals surface area contributed by atoms with Crippen LogP contribution in [0.1, 0.15) is 29.6 Å². The van der Waals surface area contributed by atoms with Gasteiger partial charge in [-0.05, 0) is 18.6 Å². The largest absolute Gasteiger partial charge is 0.486 e. The summed E-state index contributed by atoms with van der Waals surface area (Å²) >= 11 is 0. The number of carbonyl (C=O) groups excluding carboxylic acids is 3. The average molecular weight is 274 g/mol. The lowest BCUT2D eigenvalue weighted by atomic mass is 9.81. The molecule has 1 fully saturated rings. The predicted molar refractivity (Wildman–Crippen MR) is 69.1 cm³/mol. The zero-order valence-electron chi connectivity index (χ0n) is 10.9. The maximum Gasteiger partial charge on any atom is 0.184 e. The molecule has 0 N–H and O–H groups in total. The number of ether oxygens (including phenoxy) is 2. The second-order valence-electron chi connectivity index (χ2n) is 4.91. The normalized spacial score (nSPS) is 19.0. The van der Waals surface area contributed by atoms with Crippen molar-refractivity contribution in [1.29, 1.82) is 0 Å². The van der Waals surface area contributed by atoms with Gasteiger partial charge in [-0.25, -0.2) is 0 Å². The van der Waals surface area contributed by atoms with Gasteiger partial charge in [0.1, 0.15) is 19.1 Å². The molecule has 20 heavy (non-hydrogen) atoms. The number of hydrogen-bond acceptors (Lipinski definition) is 5. The van der Waals surface area contributed by atoms with Gasteiger partial charge in [0.15, 0.2) is 28.8 Å². The molecule has 1 aromatic rings. The molecule has 1 aliphatic heterocycles. The van der Waals surface area contributed by atoms with Gasteiger partial charge in [0.05, 0.1) is 5.56 Å². The summed E-state index contributed by atoms with van der Waals surface area (Å²) in [6, 6.07) is 4.94. The van der Waals surface area contributed by atoms with Crippen molar-refractivity contribution in [2.24, 2.45) is 5.92 Å². The van der Waals surface area contributed by atoms with E-state index < -0.39 is 11.7 Å². The van der Waals surface area contributed by atoms with Crippen LogP contribution in [0.3, 0.4) is 0 Å². The van der Waals surface area contributed by atoms with Crippen molar-refractivity contribution in [1.82, 2.24) is 0 Å². The standard InChI is InChI=1S/C15H14O5/c16-10-4-2-5-11(17)13(10)14(18)9-3-1-6-12-15(9)20-8-7-19-12/h1,3,6,13H,2,4-5,7-8H2. The maximum absolute atomic E-state index is 12.5. The number of benzene rings is 1. The topological polar surface area (TPSA) is 69.7 Å². The Morgan fingerprint density at radius 3 is 2.50 bits per heavy atom. The Morgan fingerprint density at radius 1 is 1.05 bits per heavy atom. The van der Waals surface area contributed by atoms with Crippen LogP contribution in [-0.2, 0) is 9.59 Å². The highest BCUT2D eigenvalue weighted by Gasteiger charge is 2.38. The van der Waals surface area contributed by atoms with Crippen molar-refractivity contribution in [3.05, 3.63) is 23.8 Å². The fraction of sp³-hybridized carbons (Fsp3) is 0.400. The van der Waals surface area contributed by atoms with Crippen molar-refractivity contribution in [2.75, 3.05) is 13.2 Å². The van der Waals surface area contributed by atoms with E-state index in [0.29, 0.717) is 31.1 Å². The third-order valence-corrected chi connectivity index (χ3v) is 3.58. The summed E-state index contributed by atoms with van der Waals surface area (Å²) in [5, 5.41) is 0. The Kier molecular flexibility index (Phi) is 3.26. The smallest absolute Gasteiger partial charge is 0.184 e. The molecule has 2 aliphatic rings. The highest BCUT2D eigenvalue weighted by molar-refractivity contribution is 6.25. The minimum atomic E-state index is -1.17. The Morgan fingerprint density at radius 2 is 1.75 bits per heavy atom. The van der Waals surface area contributed by atoms with Gasteiger partial charge in [0.2, 0.25) is 0 Å². The number of fused-ring (bicyclic) bond motifs is 1. The molecule has 0 aromatic heterocycles. The van der Waals surface area contributed by atoms with Gasteiger partial charge in [-0.2, -0.15) is 0 Å². The number of rotatable bonds is 2. The molecule has 1 aliphatic carbocycles. The first-order valence-electron chi connectivity index (χ1n) is 6.67. The molecule has 0 unspecified atom stereocenters. The lowest BCUT2D eigenvalue weighted by Crippen LogP contribution is -2.35. The van der Waals surface area contributed by atoms with Crippen LogP contribution in [0, 0.1) is 5.92 Å². The lowest BCUT2D eigenvalue weighted by Gasteiger charge is -2.23. The van der Waals surface area contributed by atoms with Crippen molar-refractivity contribution >= 4 is 17.3 Å². The molecule has 0 saturated heterocycles. The Bertz CT molecular complexity index is 574. The van der Waals surface area contributed by atoms with E-state index in [-0.39, 0.29) is 30.0 Å². The van der Waals surface area contributed by atoms with E-state index in [9.17, 15) is 14.4 Å². The summed E-state index contributed by atoms with van der Waals surface area (Å²) in [6.07, 6.45) is 1.11. The molecular weight excluding hydrogens is 260 g/mol. The third-order valence-electron chi connectivity index (χ3n) is 3.58. The molecule has 104 valence electrons. The van der Waals surface area contributed by atoms with Gasteiger partial charge in [-0.15, -0.1) is 0 Å². The molecular formula is C15H14O5. The van der Waals surface area contributed by atoms with Gasteiger partial charge < -0.3 is 9.47 Å². The van der Waals surface area contributed by atoms with Crippen molar-refractivity contribution in [3.63, 3.8) is 0 Å². The fourth-order valence-corrected chi connectivity index (χ4v) is 2.62. The summed E-state index contributed by atoms with van der Waals surface area (Å²) in [5.74, 6) is -1.39. The van der Waals surface area contributed by atoms with E-state index in [1.165, 1.54) is 0 Å². The van der Waals surface area contributed by atoms with Crippen LogP contribution in [0.5, 0.6) is 11.5 Å². The number of carbonyl (C=O) groups is 3. The Balaban J connectivity index is 1.98. The average Bonchev–Trinajstić information content (AvgIpc) is 2.46. The van der Waals surface area contributed by atoms with E-state index in [4.69, 9.17) is 9.47 Å². The molecule has 0 radical (unpaired) electrons. The second kappa shape index (κ2) is 5.07. The van der Waals surface area contributed by atoms with Crippen LogP contribution in [-0.4, -0.2) is 30.6 Å². The quantitative estimate of drug-likeness (QED) is 0.605. The zero-order valence-corrected chi connectivity index (χ0v) is 10.9. The summed E-state index contributed by atoms with van der Waals surface area (Å²) < 4.78 is 10.9. The van der Waals surface area contributed by atoms with Crippen molar-refractivity contribution in [3.8, 4) is 11.5 Å². The van der Waals surface area contributed by atoms with Crippen LogP contribution in [0.15, 0.2) is 18.2 Å². The number of Topliss-reactive ketones (excluding diaryl/α,β-unsaturated/α-hetero) is 3. The summed E-state index contributed by atoms with van der Waals surface area (Å²) in [5.41, 5.74) is 0.260.